The van der Waals surface area contributed by atoms with Crippen LogP contribution in [0.4, 0.5) is 23.8 Å². The van der Waals surface area contributed by atoms with Gasteiger partial charge in [-0.15, -0.1) is 5.54 Å². The molecule has 4 aromatic rings. The zero-order valence-corrected chi connectivity index (χ0v) is 34.3. The topological polar surface area (TPSA) is 112 Å². The van der Waals surface area contributed by atoms with Gasteiger partial charge in [0.05, 0.1) is 23.6 Å². The Morgan fingerprint density at radius 2 is 1.71 bits per heavy atom. The van der Waals surface area contributed by atoms with Crippen molar-refractivity contribution in [3.63, 3.8) is 0 Å². The quantitative estimate of drug-likeness (QED) is 0.0775. The number of piperazine rings is 1. The molecule has 292 valence electrons. The van der Waals surface area contributed by atoms with Crippen LogP contribution in [0.15, 0.2) is 36.4 Å². The van der Waals surface area contributed by atoms with E-state index in [-0.39, 0.29) is 49.6 Å². The molecule has 13 heteroatoms. The fourth-order valence-corrected chi connectivity index (χ4v) is 13.9. The number of halogens is 3. The molecule has 9 nitrogen and oxygen atoms in total. The summed E-state index contributed by atoms with van der Waals surface area (Å²) in [5.74, 6) is 1.60. The monoisotopic (exact) mass is 773 g/mol. The number of anilines is 1. The zero-order chi connectivity index (χ0) is 40.6. The highest BCUT2D eigenvalue weighted by Crippen LogP contribution is 2.45. The minimum Gasteiger partial charge on any atom is -0.468 e. The molecule has 0 radical (unpaired) electrons. The largest absolute Gasteiger partial charge is 0.468 e. The van der Waals surface area contributed by atoms with Gasteiger partial charge in [0.1, 0.15) is 31.0 Å². The summed E-state index contributed by atoms with van der Waals surface area (Å²) in [4.78, 5) is 23.1. The standard InChI is InChI=1S/C42H50F3N5O4Si/c1-25(2)55(26(3)4,27(5)6)19-14-28-12-11-13-29-20-30(54-24-53-10)21-31(34(28)29)35-33(43)22-32-37(36(35)44)47-39(45)48-38(32)49-17-18-50(40(51)52)42(23-49,15-16-46)41(7,8)9/h11-13,20-22,25-27H,15,17-18,23-24H2,1-10H3,(H,51,52)/t42-/m1/s1. The first-order valence-electron chi connectivity index (χ1n) is 18.5. The molecule has 3 aromatic carbocycles. The van der Waals surface area contributed by atoms with Crippen molar-refractivity contribution >= 4 is 41.7 Å². The van der Waals surface area contributed by atoms with Crippen molar-refractivity contribution in [3.05, 3.63) is 59.7 Å². The third-order valence-electron chi connectivity index (χ3n) is 11.5. The van der Waals surface area contributed by atoms with Crippen LogP contribution in [0.25, 0.3) is 32.8 Å². The lowest BCUT2D eigenvalue weighted by molar-refractivity contribution is -0.00279. The van der Waals surface area contributed by atoms with E-state index in [1.165, 1.54) is 18.1 Å². The van der Waals surface area contributed by atoms with Gasteiger partial charge in [0.25, 0.3) is 0 Å². The Kier molecular flexibility index (Phi) is 11.8. The molecule has 0 aliphatic carbocycles. The number of fused-ring (bicyclic) bond motifs is 2. The molecule has 0 saturated carbocycles. The van der Waals surface area contributed by atoms with Crippen LogP contribution in [-0.2, 0) is 4.74 Å². The fourth-order valence-electron chi connectivity index (χ4n) is 8.73. The number of nitrogens with zero attached hydrogens (tertiary/aromatic N) is 5. The van der Waals surface area contributed by atoms with E-state index in [2.05, 4.69) is 69.0 Å². The maximum absolute atomic E-state index is 17.2. The number of hydrogen-bond donors (Lipinski definition) is 1. The summed E-state index contributed by atoms with van der Waals surface area (Å²) in [6.07, 6.45) is -2.62. The lowest BCUT2D eigenvalue weighted by Crippen LogP contribution is -2.69. The fraction of sp³-hybridized carbons (Fsp3) is 0.476. The van der Waals surface area contributed by atoms with Crippen molar-refractivity contribution in [3.8, 4) is 34.4 Å². The highest BCUT2D eigenvalue weighted by molar-refractivity contribution is 6.90. The maximum atomic E-state index is 17.2. The molecule has 0 bridgehead atoms. The molecule has 1 saturated heterocycles. The number of amides is 1. The number of ether oxygens (including phenoxy) is 2. The third-order valence-corrected chi connectivity index (χ3v) is 17.8. The van der Waals surface area contributed by atoms with E-state index in [0.717, 1.165) is 6.07 Å². The van der Waals surface area contributed by atoms with Crippen molar-refractivity contribution in [2.45, 2.75) is 90.9 Å². The lowest BCUT2D eigenvalue weighted by atomic mass is 9.69. The molecule has 1 atom stereocenters. The van der Waals surface area contributed by atoms with Crippen molar-refractivity contribution in [1.29, 1.82) is 5.26 Å². The summed E-state index contributed by atoms with van der Waals surface area (Å²) in [7, 11) is -0.752. The normalized spacial score (nSPS) is 16.6. The highest BCUT2D eigenvalue weighted by atomic mass is 28.3. The number of carbonyl (C=O) groups is 1. The van der Waals surface area contributed by atoms with E-state index in [0.29, 0.717) is 38.7 Å². The van der Waals surface area contributed by atoms with Crippen LogP contribution in [0.1, 0.15) is 74.3 Å². The smallest absolute Gasteiger partial charge is 0.407 e. The molecule has 1 aliphatic heterocycles. The zero-order valence-electron chi connectivity index (χ0n) is 33.3. The molecule has 1 fully saturated rings. The van der Waals surface area contributed by atoms with E-state index < -0.39 is 53.9 Å². The maximum Gasteiger partial charge on any atom is 0.407 e. The Balaban J connectivity index is 1.79. The van der Waals surface area contributed by atoms with Gasteiger partial charge in [0.15, 0.2) is 12.6 Å². The van der Waals surface area contributed by atoms with Crippen molar-refractivity contribution in [1.82, 2.24) is 14.9 Å². The van der Waals surface area contributed by atoms with E-state index in [1.807, 2.05) is 39.0 Å². The van der Waals surface area contributed by atoms with Crippen molar-refractivity contribution in [2.75, 3.05) is 38.4 Å². The number of methoxy groups -OCH3 is 1. The second kappa shape index (κ2) is 15.7. The first kappa shape index (κ1) is 41.3. The van der Waals surface area contributed by atoms with E-state index in [4.69, 9.17) is 9.47 Å². The summed E-state index contributed by atoms with van der Waals surface area (Å²) in [5.41, 5.74) is 2.61. The minimum atomic E-state index is -2.22. The average Bonchev–Trinajstić information content (AvgIpc) is 3.10. The van der Waals surface area contributed by atoms with E-state index >= 15 is 13.2 Å². The Labute approximate surface area is 322 Å². The minimum absolute atomic E-state index is 0.0333. The summed E-state index contributed by atoms with van der Waals surface area (Å²) >= 11 is 0. The summed E-state index contributed by atoms with van der Waals surface area (Å²) in [6, 6.07) is 12.0. The van der Waals surface area contributed by atoms with Crippen LogP contribution in [0.5, 0.6) is 5.75 Å². The Bertz CT molecular complexity index is 2200. The first-order valence-corrected chi connectivity index (χ1v) is 20.8. The number of hydrogen-bond acceptors (Lipinski definition) is 7. The Morgan fingerprint density at radius 3 is 2.29 bits per heavy atom. The highest BCUT2D eigenvalue weighted by Gasteiger charge is 2.52. The second-order valence-electron chi connectivity index (χ2n) is 16.3. The summed E-state index contributed by atoms with van der Waals surface area (Å²) in [6.45, 7) is 18.5. The van der Waals surface area contributed by atoms with Gasteiger partial charge in [-0.05, 0) is 51.7 Å². The van der Waals surface area contributed by atoms with Crippen molar-refractivity contribution < 1.29 is 32.5 Å². The van der Waals surface area contributed by atoms with Gasteiger partial charge in [-0.2, -0.15) is 19.6 Å². The van der Waals surface area contributed by atoms with Crippen LogP contribution in [0.2, 0.25) is 16.6 Å². The second-order valence-corrected chi connectivity index (χ2v) is 21.9. The summed E-state index contributed by atoms with van der Waals surface area (Å²) < 4.78 is 60.4. The molecule has 0 spiro atoms. The predicted molar refractivity (Wildman–Crippen MR) is 212 cm³/mol. The molecule has 0 unspecified atom stereocenters. The van der Waals surface area contributed by atoms with Crippen molar-refractivity contribution in [2.24, 2.45) is 5.41 Å². The number of nitriles is 1. The van der Waals surface area contributed by atoms with Crippen LogP contribution < -0.4 is 9.64 Å². The van der Waals surface area contributed by atoms with Gasteiger partial charge in [0, 0.05) is 48.6 Å². The van der Waals surface area contributed by atoms with Gasteiger partial charge in [-0.1, -0.05) is 80.4 Å². The number of rotatable bonds is 9. The molecule has 1 aliphatic rings. The molecule has 1 aromatic heterocycles. The van der Waals surface area contributed by atoms with Gasteiger partial charge < -0.3 is 19.5 Å². The van der Waals surface area contributed by atoms with Crippen LogP contribution >= 0.6 is 0 Å². The summed E-state index contributed by atoms with van der Waals surface area (Å²) in [5, 5.41) is 21.0. The van der Waals surface area contributed by atoms with Gasteiger partial charge in [0.2, 0.25) is 0 Å². The van der Waals surface area contributed by atoms with Crippen LogP contribution in [0, 0.1) is 45.9 Å². The predicted octanol–water partition coefficient (Wildman–Crippen LogP) is 9.92. The number of benzene rings is 3. The van der Waals surface area contributed by atoms with Gasteiger partial charge in [-0.25, -0.2) is 13.6 Å². The van der Waals surface area contributed by atoms with Crippen LogP contribution in [0.3, 0.4) is 0 Å². The molecular formula is C42H50F3N5O4Si. The van der Waals surface area contributed by atoms with E-state index in [9.17, 15) is 15.2 Å². The average molecular weight is 774 g/mol. The van der Waals surface area contributed by atoms with E-state index in [1.54, 1.807) is 11.0 Å². The molecule has 1 N–H and O–H groups in total. The Hall–Kier alpha value is -4.85. The lowest BCUT2D eigenvalue weighted by Gasteiger charge is -2.55. The third kappa shape index (κ3) is 7.32. The Morgan fingerprint density at radius 1 is 1.04 bits per heavy atom. The van der Waals surface area contributed by atoms with Gasteiger partial charge in [-0.3, -0.25) is 4.90 Å². The SMILES string of the molecule is COCOc1cc(-c2c(F)cc3c(N4CCN(C(=O)O)[C@@](CC#N)(C(C)(C)C)C4)nc(F)nc3c2F)c2c(C#C[Si](C(C)C)(C(C)C)C(C)C)cccc2c1. The molecular weight excluding hydrogens is 724 g/mol. The molecule has 5 rings (SSSR count). The molecule has 2 heterocycles. The van der Waals surface area contributed by atoms with Crippen LogP contribution in [-0.4, -0.2) is 73.2 Å². The molecule has 55 heavy (non-hydrogen) atoms. The molecule has 1 amide bonds. The number of aromatic nitrogens is 2. The van der Waals surface area contributed by atoms with Gasteiger partial charge >= 0.3 is 12.2 Å². The number of carboxylic acid groups (broad SMARTS) is 1. The first-order chi connectivity index (χ1) is 25.8.